The Bertz CT molecular complexity index is 1010. The van der Waals surface area contributed by atoms with Gasteiger partial charge < -0.3 is 15.1 Å². The molecule has 174 valence electrons. The van der Waals surface area contributed by atoms with Crippen LogP contribution in [0, 0.1) is 0 Å². The predicted octanol–water partition coefficient (Wildman–Crippen LogP) is 1.95. The number of aromatic nitrogens is 1. The van der Waals surface area contributed by atoms with E-state index >= 15 is 0 Å². The second kappa shape index (κ2) is 10.5. The molecule has 0 saturated carbocycles. The minimum Gasteiger partial charge on any atom is -0.354 e. The lowest BCUT2D eigenvalue weighted by atomic mass is 10.2. The summed E-state index contributed by atoms with van der Waals surface area (Å²) in [5.74, 6) is 2.14. The fraction of sp³-hybridized carbons (Fsp3) is 0.524. The first-order valence-corrected chi connectivity index (χ1v) is 14.3. The van der Waals surface area contributed by atoms with Gasteiger partial charge in [0.15, 0.2) is 0 Å². The molecule has 4 heterocycles. The summed E-state index contributed by atoms with van der Waals surface area (Å²) < 4.78 is 27.5. The summed E-state index contributed by atoms with van der Waals surface area (Å²) in [6.45, 7) is 8.52. The fourth-order valence-corrected chi connectivity index (χ4v) is 7.75. The molecule has 2 aliphatic heterocycles. The molecule has 0 unspecified atom stereocenters. The van der Waals surface area contributed by atoms with Crippen molar-refractivity contribution < 1.29 is 13.2 Å². The lowest BCUT2D eigenvalue weighted by molar-refractivity contribution is 0.0952. The summed E-state index contributed by atoms with van der Waals surface area (Å²) in [6, 6.07) is 5.48. The van der Waals surface area contributed by atoms with E-state index in [4.69, 9.17) is 0 Å². The number of pyridine rings is 1. The summed E-state index contributed by atoms with van der Waals surface area (Å²) in [5, 5.41) is 4.52. The number of hydrogen-bond acceptors (Lipinski definition) is 8. The molecule has 1 amide bonds. The van der Waals surface area contributed by atoms with Gasteiger partial charge in [0.25, 0.3) is 5.91 Å². The minimum absolute atomic E-state index is 0.103. The second-order valence-corrected chi connectivity index (χ2v) is 11.8. The van der Waals surface area contributed by atoms with E-state index in [2.05, 4.69) is 27.0 Å². The van der Waals surface area contributed by atoms with Crippen LogP contribution in [0.1, 0.15) is 22.2 Å². The van der Waals surface area contributed by atoms with Gasteiger partial charge >= 0.3 is 0 Å². The van der Waals surface area contributed by atoms with Crippen molar-refractivity contribution in [3.8, 4) is 0 Å². The Labute approximate surface area is 198 Å². The fourth-order valence-electron chi connectivity index (χ4n) is 3.86. The van der Waals surface area contributed by atoms with Crippen molar-refractivity contribution in [2.75, 3.05) is 62.2 Å². The molecule has 0 bridgehead atoms. The largest absolute Gasteiger partial charge is 0.354 e. The van der Waals surface area contributed by atoms with Crippen LogP contribution in [0.3, 0.4) is 0 Å². The van der Waals surface area contributed by atoms with Gasteiger partial charge in [-0.3, -0.25) is 4.79 Å². The average Bonchev–Trinajstić information content (AvgIpc) is 3.35. The Morgan fingerprint density at radius 2 is 1.84 bits per heavy atom. The zero-order valence-electron chi connectivity index (χ0n) is 18.2. The molecule has 2 aliphatic rings. The van der Waals surface area contributed by atoms with Gasteiger partial charge in [-0.15, -0.1) is 11.3 Å². The van der Waals surface area contributed by atoms with Gasteiger partial charge in [-0.25, -0.2) is 13.4 Å². The smallest absolute Gasteiger partial charge is 0.263 e. The second-order valence-electron chi connectivity index (χ2n) is 7.76. The van der Waals surface area contributed by atoms with Crippen LogP contribution < -0.4 is 10.2 Å². The highest BCUT2D eigenvalue weighted by molar-refractivity contribution is 7.99. The van der Waals surface area contributed by atoms with E-state index in [0.717, 1.165) is 66.9 Å². The number of hydrogen-bond donors (Lipinski definition) is 1. The average molecular weight is 496 g/mol. The molecule has 2 fully saturated rings. The number of piperazine rings is 1. The number of thioether (sulfide) groups is 1. The summed E-state index contributed by atoms with van der Waals surface area (Å²) in [7, 11) is -3.65. The molecule has 11 heteroatoms. The monoisotopic (exact) mass is 495 g/mol. The molecule has 0 spiro atoms. The molecule has 0 atom stereocenters. The van der Waals surface area contributed by atoms with Crippen molar-refractivity contribution >= 4 is 44.8 Å². The topological polar surface area (TPSA) is 85.8 Å². The Morgan fingerprint density at radius 1 is 1.09 bits per heavy atom. The number of nitrogens with one attached hydrogen (secondary N) is 1. The molecule has 1 N–H and O–H groups in total. The van der Waals surface area contributed by atoms with Crippen LogP contribution in [-0.2, 0) is 16.6 Å². The van der Waals surface area contributed by atoms with E-state index in [1.807, 2.05) is 12.1 Å². The van der Waals surface area contributed by atoms with Gasteiger partial charge in [0.2, 0.25) is 10.0 Å². The van der Waals surface area contributed by atoms with E-state index < -0.39 is 10.0 Å². The highest BCUT2D eigenvalue weighted by Gasteiger charge is 2.31. The Balaban J connectivity index is 1.36. The molecular weight excluding hydrogens is 466 g/mol. The van der Waals surface area contributed by atoms with E-state index in [9.17, 15) is 13.2 Å². The first kappa shape index (κ1) is 23.5. The zero-order valence-corrected chi connectivity index (χ0v) is 20.6. The predicted molar refractivity (Wildman–Crippen MR) is 130 cm³/mol. The summed E-state index contributed by atoms with van der Waals surface area (Å²) >= 11 is 2.90. The molecule has 2 aromatic rings. The normalized spacial score (nSPS) is 18.6. The van der Waals surface area contributed by atoms with E-state index in [0.29, 0.717) is 19.6 Å². The van der Waals surface area contributed by atoms with Crippen molar-refractivity contribution in [3.63, 3.8) is 0 Å². The van der Waals surface area contributed by atoms with Crippen molar-refractivity contribution in [1.82, 2.24) is 19.5 Å². The molecule has 2 saturated heterocycles. The summed E-state index contributed by atoms with van der Waals surface area (Å²) in [4.78, 5) is 22.4. The quantitative estimate of drug-likeness (QED) is 0.628. The number of carbonyl (C=O) groups is 1. The zero-order chi connectivity index (χ0) is 22.6. The molecule has 4 rings (SSSR count). The van der Waals surface area contributed by atoms with Gasteiger partial charge in [0, 0.05) is 63.5 Å². The number of amides is 1. The first-order valence-electron chi connectivity index (χ1n) is 10.8. The standard InChI is InChI=1S/C21H29N5O3S3/c1-2-24-6-8-25(9-7-24)19-4-3-17(15-22-19)16-23-21(27)20-18(5-12-31-20)32(28,29)26-10-13-30-14-11-26/h3-5,12,15H,2,6-11,13-14,16H2,1H3,(H,23,27). The molecular formula is C21H29N5O3S3. The number of nitrogens with zero attached hydrogens (tertiary/aromatic N) is 4. The highest BCUT2D eigenvalue weighted by Crippen LogP contribution is 2.27. The Kier molecular flexibility index (Phi) is 7.72. The summed E-state index contributed by atoms with van der Waals surface area (Å²) in [6.07, 6.45) is 1.78. The number of thiophene rings is 1. The third-order valence-corrected chi connectivity index (χ3v) is 9.75. The molecule has 0 aliphatic carbocycles. The van der Waals surface area contributed by atoms with Gasteiger partial charge in [-0.1, -0.05) is 13.0 Å². The SMILES string of the molecule is CCN1CCN(c2ccc(CNC(=O)c3sccc3S(=O)(=O)N3CCSCC3)cn2)CC1. The maximum Gasteiger partial charge on any atom is 0.263 e. The van der Waals surface area contributed by atoms with Crippen LogP contribution in [0.5, 0.6) is 0 Å². The van der Waals surface area contributed by atoms with E-state index in [1.165, 1.54) is 10.4 Å². The molecule has 8 nitrogen and oxygen atoms in total. The van der Waals surface area contributed by atoms with Crippen LogP contribution in [0.15, 0.2) is 34.7 Å². The third kappa shape index (κ3) is 5.28. The lowest BCUT2D eigenvalue weighted by Crippen LogP contribution is -2.46. The number of likely N-dealkylation sites (N-methyl/N-ethyl adjacent to an activating group) is 1. The number of carbonyl (C=O) groups excluding carboxylic acids is 1. The Morgan fingerprint density at radius 3 is 2.50 bits per heavy atom. The lowest BCUT2D eigenvalue weighted by Gasteiger charge is -2.34. The van der Waals surface area contributed by atoms with Crippen molar-refractivity contribution in [1.29, 1.82) is 0 Å². The maximum absolute atomic E-state index is 13.0. The third-order valence-electron chi connectivity index (χ3n) is 5.83. The van der Waals surface area contributed by atoms with Crippen molar-refractivity contribution in [2.45, 2.75) is 18.4 Å². The van der Waals surface area contributed by atoms with Gasteiger partial charge in [-0.2, -0.15) is 16.1 Å². The van der Waals surface area contributed by atoms with Crippen LogP contribution in [0.4, 0.5) is 5.82 Å². The highest BCUT2D eigenvalue weighted by atomic mass is 32.2. The molecule has 2 aromatic heterocycles. The van der Waals surface area contributed by atoms with Crippen LogP contribution in [0.25, 0.3) is 0 Å². The van der Waals surface area contributed by atoms with Gasteiger partial charge in [-0.05, 0) is 29.6 Å². The van der Waals surface area contributed by atoms with E-state index in [1.54, 1.807) is 23.3 Å². The molecule has 0 radical (unpaired) electrons. The molecule has 32 heavy (non-hydrogen) atoms. The molecule has 0 aromatic carbocycles. The van der Waals surface area contributed by atoms with Crippen molar-refractivity contribution in [3.05, 3.63) is 40.2 Å². The maximum atomic E-state index is 13.0. The number of sulfonamides is 1. The van der Waals surface area contributed by atoms with Crippen LogP contribution >= 0.6 is 23.1 Å². The van der Waals surface area contributed by atoms with Crippen LogP contribution in [0.2, 0.25) is 0 Å². The number of rotatable bonds is 7. The minimum atomic E-state index is -3.65. The van der Waals surface area contributed by atoms with Crippen molar-refractivity contribution in [2.24, 2.45) is 0 Å². The number of anilines is 1. The van der Waals surface area contributed by atoms with Gasteiger partial charge in [0.1, 0.15) is 15.6 Å². The van der Waals surface area contributed by atoms with Crippen LogP contribution in [-0.4, -0.2) is 85.8 Å². The van der Waals surface area contributed by atoms with E-state index in [-0.39, 0.29) is 15.7 Å². The first-order chi connectivity index (χ1) is 15.5. The van der Waals surface area contributed by atoms with Gasteiger partial charge in [0.05, 0.1) is 0 Å². The Hall–Kier alpha value is -1.66. The summed E-state index contributed by atoms with van der Waals surface area (Å²) in [5.41, 5.74) is 0.878.